The van der Waals surface area contributed by atoms with Gasteiger partial charge in [0, 0.05) is 18.8 Å². The first-order valence-corrected chi connectivity index (χ1v) is 12.2. The molecule has 0 saturated carbocycles. The molecule has 0 bridgehead atoms. The van der Waals surface area contributed by atoms with E-state index in [1.165, 1.54) is 16.4 Å². The van der Waals surface area contributed by atoms with E-state index in [2.05, 4.69) is 5.32 Å². The van der Waals surface area contributed by atoms with Gasteiger partial charge in [-0.2, -0.15) is 4.31 Å². The fourth-order valence-corrected chi connectivity index (χ4v) is 5.69. The van der Waals surface area contributed by atoms with Crippen LogP contribution in [0.4, 0.5) is 5.69 Å². The van der Waals surface area contributed by atoms with Crippen LogP contribution in [0.25, 0.3) is 0 Å². The van der Waals surface area contributed by atoms with Crippen molar-refractivity contribution in [2.45, 2.75) is 56.1 Å². The monoisotopic (exact) mass is 444 g/mol. The number of carbonyl (C=O) groups excluding carboxylic acids is 1. The van der Waals surface area contributed by atoms with Crippen molar-refractivity contribution in [2.24, 2.45) is 0 Å². The van der Waals surface area contributed by atoms with Crippen LogP contribution in [-0.4, -0.2) is 42.9 Å². The number of aliphatic hydroxyl groups is 1. The molecule has 0 aromatic heterocycles. The summed E-state index contributed by atoms with van der Waals surface area (Å²) in [4.78, 5) is 12.9. The molecule has 7 nitrogen and oxygen atoms in total. The van der Waals surface area contributed by atoms with Gasteiger partial charge in [0.15, 0.2) is 6.10 Å². The fourth-order valence-electron chi connectivity index (χ4n) is 4.18. The topological polar surface area (TPSA) is 95.9 Å². The summed E-state index contributed by atoms with van der Waals surface area (Å²) in [6.07, 6.45) is 2.94. The summed E-state index contributed by atoms with van der Waals surface area (Å²) in [5.41, 5.74) is 2.33. The summed E-state index contributed by atoms with van der Waals surface area (Å²) in [5.74, 6) is 0.287. The van der Waals surface area contributed by atoms with Crippen molar-refractivity contribution < 1.29 is 23.1 Å². The third-order valence-corrected chi connectivity index (χ3v) is 7.84. The normalized spacial score (nSPS) is 20.1. The van der Waals surface area contributed by atoms with Gasteiger partial charge in [-0.1, -0.05) is 12.1 Å². The molecule has 2 aromatic carbocycles. The van der Waals surface area contributed by atoms with Crippen LogP contribution in [0, 0.1) is 0 Å². The maximum absolute atomic E-state index is 12.6. The Kier molecular flexibility index (Phi) is 6.31. The van der Waals surface area contributed by atoms with E-state index in [1.807, 2.05) is 18.2 Å². The Morgan fingerprint density at radius 1 is 1.13 bits per heavy atom. The molecule has 1 saturated heterocycles. The largest absolute Gasteiger partial charge is 0.481 e. The molecule has 31 heavy (non-hydrogen) atoms. The Hall–Kier alpha value is -2.42. The maximum Gasteiger partial charge on any atom is 0.265 e. The van der Waals surface area contributed by atoms with Crippen molar-refractivity contribution in [1.82, 2.24) is 4.31 Å². The molecule has 0 spiro atoms. The van der Waals surface area contributed by atoms with Crippen LogP contribution in [0.1, 0.15) is 49.8 Å². The average molecular weight is 445 g/mol. The minimum atomic E-state index is -3.48. The van der Waals surface area contributed by atoms with Crippen LogP contribution in [0.3, 0.4) is 0 Å². The number of carbonyl (C=O) groups is 1. The van der Waals surface area contributed by atoms with Gasteiger partial charge >= 0.3 is 0 Å². The third kappa shape index (κ3) is 4.61. The molecule has 0 unspecified atom stereocenters. The summed E-state index contributed by atoms with van der Waals surface area (Å²) in [6, 6.07) is 11.8. The minimum absolute atomic E-state index is 0.228. The zero-order chi connectivity index (χ0) is 22.0. The van der Waals surface area contributed by atoms with E-state index in [0.717, 1.165) is 43.2 Å². The molecule has 2 N–H and O–H groups in total. The molecule has 1 aliphatic heterocycles. The Balaban J connectivity index is 1.41. The highest BCUT2D eigenvalue weighted by molar-refractivity contribution is 7.89. The van der Waals surface area contributed by atoms with E-state index >= 15 is 0 Å². The molecule has 1 amide bonds. The number of aliphatic hydroxyl groups excluding tert-OH is 1. The summed E-state index contributed by atoms with van der Waals surface area (Å²) in [6.45, 7) is 2.77. The van der Waals surface area contributed by atoms with Gasteiger partial charge < -0.3 is 15.2 Å². The number of nitrogens with one attached hydrogen (secondary N) is 1. The number of nitrogens with zero attached hydrogens (tertiary/aromatic N) is 1. The summed E-state index contributed by atoms with van der Waals surface area (Å²) < 4.78 is 32.7. The van der Waals surface area contributed by atoms with Crippen molar-refractivity contribution >= 4 is 21.6 Å². The molecular weight excluding hydrogens is 416 g/mol. The van der Waals surface area contributed by atoms with Crippen LogP contribution in [0.2, 0.25) is 0 Å². The highest BCUT2D eigenvalue weighted by Gasteiger charge is 2.27. The highest BCUT2D eigenvalue weighted by Crippen LogP contribution is 2.35. The third-order valence-electron chi connectivity index (χ3n) is 5.93. The first-order valence-electron chi connectivity index (χ1n) is 10.7. The lowest BCUT2D eigenvalue weighted by molar-refractivity contribution is -0.122. The van der Waals surface area contributed by atoms with E-state index in [4.69, 9.17) is 4.74 Å². The van der Waals surface area contributed by atoms with Gasteiger partial charge in [-0.25, -0.2) is 8.42 Å². The number of fused-ring (bicyclic) bond motifs is 1. The molecule has 2 aliphatic rings. The lowest BCUT2D eigenvalue weighted by Crippen LogP contribution is -2.31. The molecule has 166 valence electrons. The maximum atomic E-state index is 12.6. The lowest BCUT2D eigenvalue weighted by Gasteiger charge is -2.25. The zero-order valence-corrected chi connectivity index (χ0v) is 18.4. The van der Waals surface area contributed by atoms with Crippen molar-refractivity contribution in [3.63, 3.8) is 0 Å². The quantitative estimate of drug-likeness (QED) is 0.713. The van der Waals surface area contributed by atoms with Gasteiger partial charge in [0.1, 0.15) is 5.75 Å². The van der Waals surface area contributed by atoms with E-state index in [1.54, 1.807) is 19.1 Å². The predicted octanol–water partition coefficient (Wildman–Crippen LogP) is 3.25. The molecule has 4 rings (SSSR count). The summed E-state index contributed by atoms with van der Waals surface area (Å²) in [5, 5.41) is 13.0. The van der Waals surface area contributed by atoms with E-state index in [0.29, 0.717) is 24.5 Å². The van der Waals surface area contributed by atoms with Crippen molar-refractivity contribution in [3.05, 3.63) is 53.6 Å². The second kappa shape index (κ2) is 8.98. The number of hydrogen-bond donors (Lipinski definition) is 2. The Labute approximate surface area is 183 Å². The zero-order valence-electron chi connectivity index (χ0n) is 17.6. The second-order valence-corrected chi connectivity index (χ2v) is 10.1. The fraction of sp³-hybridized carbons (Fsp3) is 0.435. The highest BCUT2D eigenvalue weighted by atomic mass is 32.2. The first-order chi connectivity index (χ1) is 14.9. The average Bonchev–Trinajstić information content (AvgIpc) is 3.31. The molecule has 1 fully saturated rings. The molecular formula is C23H28N2O5S. The molecule has 2 atom stereocenters. The van der Waals surface area contributed by atoms with Crippen molar-refractivity contribution in [2.75, 3.05) is 18.4 Å². The minimum Gasteiger partial charge on any atom is -0.481 e. The van der Waals surface area contributed by atoms with Gasteiger partial charge in [0.2, 0.25) is 10.0 Å². The molecule has 2 aromatic rings. The standard InChI is InChI=1S/C23H28N2O5S/c1-16(30-22-9-5-6-19-20(22)7-4-8-21(19)26)23(27)24-17-10-12-18(13-11-17)31(28,29)25-14-2-3-15-25/h5-6,9-13,16,21,26H,2-4,7-8,14-15H2,1H3,(H,24,27)/t16-,21+/m0/s1. The van der Waals surface area contributed by atoms with Crippen LogP contribution in [-0.2, 0) is 21.2 Å². The van der Waals surface area contributed by atoms with Gasteiger partial charge in [-0.3, -0.25) is 4.79 Å². The number of ether oxygens (including phenoxy) is 1. The van der Waals surface area contributed by atoms with Crippen LogP contribution in [0.15, 0.2) is 47.4 Å². The Morgan fingerprint density at radius 2 is 1.84 bits per heavy atom. The predicted molar refractivity (Wildman–Crippen MR) is 117 cm³/mol. The summed E-state index contributed by atoms with van der Waals surface area (Å²) >= 11 is 0. The van der Waals surface area contributed by atoms with Crippen LogP contribution in [0.5, 0.6) is 5.75 Å². The number of rotatable bonds is 6. The second-order valence-electron chi connectivity index (χ2n) is 8.12. The Bertz CT molecular complexity index is 1050. The van der Waals surface area contributed by atoms with Crippen LogP contribution >= 0.6 is 0 Å². The van der Waals surface area contributed by atoms with E-state index < -0.39 is 22.2 Å². The first kappa shape index (κ1) is 21.8. The summed E-state index contributed by atoms with van der Waals surface area (Å²) in [7, 11) is -3.48. The van der Waals surface area contributed by atoms with E-state index in [-0.39, 0.29) is 10.8 Å². The van der Waals surface area contributed by atoms with Gasteiger partial charge in [0.05, 0.1) is 11.0 Å². The van der Waals surface area contributed by atoms with Gasteiger partial charge in [0.25, 0.3) is 5.91 Å². The molecule has 0 radical (unpaired) electrons. The molecule has 1 heterocycles. The van der Waals surface area contributed by atoms with Crippen molar-refractivity contribution in [3.8, 4) is 5.75 Å². The lowest BCUT2D eigenvalue weighted by atomic mass is 9.89. The Morgan fingerprint density at radius 3 is 2.55 bits per heavy atom. The smallest absolute Gasteiger partial charge is 0.265 e. The molecule has 8 heteroatoms. The van der Waals surface area contributed by atoms with Crippen molar-refractivity contribution in [1.29, 1.82) is 0 Å². The van der Waals surface area contributed by atoms with Gasteiger partial charge in [-0.05, 0) is 80.5 Å². The molecule has 1 aliphatic carbocycles. The number of anilines is 1. The number of hydrogen-bond acceptors (Lipinski definition) is 5. The van der Waals surface area contributed by atoms with Crippen LogP contribution < -0.4 is 10.1 Å². The van der Waals surface area contributed by atoms with E-state index in [9.17, 15) is 18.3 Å². The number of amides is 1. The number of sulfonamides is 1. The van der Waals surface area contributed by atoms with Gasteiger partial charge in [-0.15, -0.1) is 0 Å². The SMILES string of the molecule is C[C@H](Oc1cccc2c1CCC[C@H]2O)C(=O)Nc1ccc(S(=O)(=O)N2CCCC2)cc1. The number of benzene rings is 2.